The predicted octanol–water partition coefficient (Wildman–Crippen LogP) is 3.23. The molecule has 0 saturated carbocycles. The first kappa shape index (κ1) is 19.9. The number of rotatable bonds is 2. The maximum Gasteiger partial charge on any atom is 0.414 e. The minimum Gasteiger partial charge on any atom is -0.473 e. The van der Waals surface area contributed by atoms with Gasteiger partial charge in [-0.15, -0.1) is 0 Å². The number of hydrazone groups is 1. The molecule has 0 amide bonds. The highest BCUT2D eigenvalue weighted by molar-refractivity contribution is 6.33. The average Bonchev–Trinajstić information content (AvgIpc) is 2.49. The van der Waals surface area contributed by atoms with Crippen LogP contribution < -0.4 is 0 Å². The van der Waals surface area contributed by atoms with Crippen LogP contribution in [0, 0.1) is 5.82 Å². The molecule has 1 aliphatic heterocycles. The molecule has 1 saturated heterocycles. The van der Waals surface area contributed by atoms with Gasteiger partial charge < -0.3 is 10.2 Å². The number of carbonyl (C=O) groups is 2. The van der Waals surface area contributed by atoms with Crippen LogP contribution in [0.15, 0.2) is 23.3 Å². The summed E-state index contributed by atoms with van der Waals surface area (Å²) >= 11 is 5.97. The molecule has 2 atom stereocenters. The molecular formula is C16H20ClFN2O4. The first-order valence-electron chi connectivity index (χ1n) is 7.46. The fraction of sp³-hybridized carbons (Fsp3) is 0.438. The van der Waals surface area contributed by atoms with Crippen molar-refractivity contribution in [1.29, 1.82) is 0 Å². The van der Waals surface area contributed by atoms with Crippen LogP contribution in [0.5, 0.6) is 0 Å². The van der Waals surface area contributed by atoms with E-state index in [1.54, 1.807) is 12.1 Å². The van der Waals surface area contributed by atoms with Crippen LogP contribution in [0.2, 0.25) is 5.02 Å². The second-order valence-electron chi connectivity index (χ2n) is 5.50. The summed E-state index contributed by atoms with van der Waals surface area (Å²) in [4.78, 5) is 18.2. The molecule has 1 aromatic carbocycles. The van der Waals surface area contributed by atoms with E-state index in [1.165, 1.54) is 18.7 Å². The van der Waals surface area contributed by atoms with Gasteiger partial charge in [-0.1, -0.05) is 17.7 Å². The summed E-state index contributed by atoms with van der Waals surface area (Å²) in [7, 11) is 0. The van der Waals surface area contributed by atoms with Crippen molar-refractivity contribution >= 4 is 29.8 Å². The third kappa shape index (κ3) is 5.81. The number of nitrogens with zero attached hydrogens (tertiary/aromatic N) is 2. The van der Waals surface area contributed by atoms with E-state index in [4.69, 9.17) is 31.4 Å². The third-order valence-corrected chi connectivity index (χ3v) is 3.98. The van der Waals surface area contributed by atoms with Gasteiger partial charge in [-0.3, -0.25) is 5.01 Å². The molecule has 0 aliphatic carbocycles. The van der Waals surface area contributed by atoms with Crippen molar-refractivity contribution in [2.45, 2.75) is 45.2 Å². The van der Waals surface area contributed by atoms with Gasteiger partial charge in [-0.05, 0) is 45.2 Å². The standard InChI is InChI=1S/C14H18ClFN2.C2H2O4/c1-10-5-3-6-11(2)18(10)17-9-12-13(15)7-4-8-14(12)16;3-1(4)2(5)6/h4,7-11H,3,5-6H2,1-2H3;(H,3,4)(H,5,6). The first-order chi connectivity index (χ1) is 11.2. The van der Waals surface area contributed by atoms with Crippen LogP contribution in [0.4, 0.5) is 4.39 Å². The zero-order valence-electron chi connectivity index (χ0n) is 13.4. The Hall–Kier alpha value is -2.15. The van der Waals surface area contributed by atoms with Gasteiger partial charge in [0.05, 0.1) is 11.2 Å². The number of aliphatic carboxylic acids is 2. The second-order valence-corrected chi connectivity index (χ2v) is 5.91. The molecule has 0 bridgehead atoms. The smallest absolute Gasteiger partial charge is 0.414 e. The van der Waals surface area contributed by atoms with Crippen LogP contribution in [0.3, 0.4) is 0 Å². The second kappa shape index (κ2) is 9.22. The van der Waals surface area contributed by atoms with Gasteiger partial charge in [0.2, 0.25) is 0 Å². The Morgan fingerprint density at radius 3 is 2.25 bits per heavy atom. The lowest BCUT2D eigenvalue weighted by atomic mass is 10.00. The van der Waals surface area contributed by atoms with Crippen molar-refractivity contribution in [3.05, 3.63) is 34.6 Å². The fourth-order valence-electron chi connectivity index (χ4n) is 2.39. The van der Waals surface area contributed by atoms with Crippen molar-refractivity contribution in [2.24, 2.45) is 5.10 Å². The van der Waals surface area contributed by atoms with Crippen molar-refractivity contribution in [3.8, 4) is 0 Å². The Morgan fingerprint density at radius 1 is 1.25 bits per heavy atom. The number of benzene rings is 1. The lowest BCUT2D eigenvalue weighted by Gasteiger charge is -2.36. The lowest BCUT2D eigenvalue weighted by molar-refractivity contribution is -0.159. The van der Waals surface area contributed by atoms with Crippen LogP contribution in [-0.4, -0.2) is 45.5 Å². The van der Waals surface area contributed by atoms with Crippen LogP contribution >= 0.6 is 11.6 Å². The molecule has 0 aromatic heterocycles. The number of carboxylic acids is 2. The van der Waals surface area contributed by atoms with E-state index in [0.29, 0.717) is 22.7 Å². The zero-order chi connectivity index (χ0) is 18.3. The van der Waals surface area contributed by atoms with Gasteiger partial charge in [0.25, 0.3) is 0 Å². The molecule has 1 aromatic rings. The maximum absolute atomic E-state index is 13.6. The molecule has 0 spiro atoms. The summed E-state index contributed by atoms with van der Waals surface area (Å²) in [5.74, 6) is -3.98. The van der Waals surface area contributed by atoms with Gasteiger partial charge in [-0.2, -0.15) is 5.10 Å². The van der Waals surface area contributed by atoms with Crippen molar-refractivity contribution in [3.63, 3.8) is 0 Å². The van der Waals surface area contributed by atoms with E-state index in [2.05, 4.69) is 18.9 Å². The van der Waals surface area contributed by atoms with E-state index in [0.717, 1.165) is 12.8 Å². The Labute approximate surface area is 144 Å². The monoisotopic (exact) mass is 358 g/mol. The Kier molecular flexibility index (Phi) is 7.64. The highest BCUT2D eigenvalue weighted by Gasteiger charge is 2.22. The summed E-state index contributed by atoms with van der Waals surface area (Å²) in [5, 5.41) is 21.7. The molecule has 2 N–H and O–H groups in total. The summed E-state index contributed by atoms with van der Waals surface area (Å²) in [6.07, 6.45) is 5.03. The Morgan fingerprint density at radius 2 is 1.79 bits per heavy atom. The normalized spacial score (nSPS) is 20.4. The Balaban J connectivity index is 0.000000413. The maximum atomic E-state index is 13.6. The van der Waals surface area contributed by atoms with E-state index >= 15 is 0 Å². The van der Waals surface area contributed by atoms with E-state index in [-0.39, 0.29) is 5.82 Å². The third-order valence-electron chi connectivity index (χ3n) is 3.65. The van der Waals surface area contributed by atoms with Crippen molar-refractivity contribution < 1.29 is 24.2 Å². The molecule has 2 unspecified atom stereocenters. The van der Waals surface area contributed by atoms with Gasteiger partial charge >= 0.3 is 11.9 Å². The van der Waals surface area contributed by atoms with Crippen molar-refractivity contribution in [1.82, 2.24) is 5.01 Å². The number of halogens is 2. The molecule has 1 fully saturated rings. The van der Waals surface area contributed by atoms with E-state index < -0.39 is 11.9 Å². The van der Waals surface area contributed by atoms with Crippen molar-refractivity contribution in [2.75, 3.05) is 0 Å². The van der Waals surface area contributed by atoms with Gasteiger partial charge in [0.15, 0.2) is 0 Å². The molecule has 132 valence electrons. The summed E-state index contributed by atoms with van der Waals surface area (Å²) in [6, 6.07) is 5.47. The molecular weight excluding hydrogens is 339 g/mol. The minimum atomic E-state index is -1.82. The number of piperidine rings is 1. The molecule has 1 heterocycles. The largest absolute Gasteiger partial charge is 0.473 e. The quantitative estimate of drug-likeness (QED) is 0.625. The van der Waals surface area contributed by atoms with Gasteiger partial charge in [0, 0.05) is 17.6 Å². The molecule has 6 nitrogen and oxygen atoms in total. The van der Waals surface area contributed by atoms with E-state index in [1.807, 2.05) is 5.01 Å². The summed E-state index contributed by atoms with van der Waals surface area (Å²) in [5.41, 5.74) is 0.365. The van der Waals surface area contributed by atoms with E-state index in [9.17, 15) is 4.39 Å². The average molecular weight is 359 g/mol. The molecule has 8 heteroatoms. The van der Waals surface area contributed by atoms with Crippen LogP contribution in [0.25, 0.3) is 0 Å². The zero-order valence-corrected chi connectivity index (χ0v) is 14.2. The summed E-state index contributed by atoms with van der Waals surface area (Å²) < 4.78 is 13.6. The van der Waals surface area contributed by atoms with Gasteiger partial charge in [-0.25, -0.2) is 14.0 Å². The molecule has 2 rings (SSSR count). The molecule has 0 radical (unpaired) electrons. The van der Waals surface area contributed by atoms with Gasteiger partial charge in [0.1, 0.15) is 5.82 Å². The Bertz CT molecular complexity index is 582. The highest BCUT2D eigenvalue weighted by Crippen LogP contribution is 2.23. The van der Waals surface area contributed by atoms with Crippen LogP contribution in [-0.2, 0) is 9.59 Å². The first-order valence-corrected chi connectivity index (χ1v) is 7.84. The topological polar surface area (TPSA) is 90.2 Å². The van der Waals surface area contributed by atoms with Crippen LogP contribution in [0.1, 0.15) is 38.7 Å². The fourth-order valence-corrected chi connectivity index (χ4v) is 2.61. The number of hydrogen-bond donors (Lipinski definition) is 2. The number of carboxylic acid groups (broad SMARTS) is 2. The number of hydrogen-bond acceptors (Lipinski definition) is 4. The summed E-state index contributed by atoms with van der Waals surface area (Å²) in [6.45, 7) is 4.30. The highest BCUT2D eigenvalue weighted by atomic mass is 35.5. The molecule has 24 heavy (non-hydrogen) atoms. The predicted molar refractivity (Wildman–Crippen MR) is 88.9 cm³/mol. The lowest BCUT2D eigenvalue weighted by Crippen LogP contribution is -2.39. The SMILES string of the molecule is CC1CCCC(C)N1N=Cc1c(F)cccc1Cl.O=C(O)C(=O)O. The molecule has 1 aliphatic rings. The minimum absolute atomic E-state index is 0.330.